The van der Waals surface area contributed by atoms with Crippen molar-refractivity contribution in [2.75, 3.05) is 31.9 Å². The number of nitrogens with two attached hydrogens (primary N) is 1. The molecule has 3 N–H and O–H groups in total. The van der Waals surface area contributed by atoms with Gasteiger partial charge in [-0.3, -0.25) is 5.32 Å². The summed E-state index contributed by atoms with van der Waals surface area (Å²) >= 11 is 0. The number of anilines is 1. The number of para-hydroxylation sites is 1. The molecule has 0 aliphatic heterocycles. The summed E-state index contributed by atoms with van der Waals surface area (Å²) in [5.74, 6) is 1.01. The van der Waals surface area contributed by atoms with E-state index < -0.39 is 6.09 Å². The van der Waals surface area contributed by atoms with Crippen molar-refractivity contribution in [1.82, 2.24) is 0 Å². The molecule has 0 spiro atoms. The number of ether oxygens (including phenoxy) is 3. The second-order valence-electron chi connectivity index (χ2n) is 7.52. The van der Waals surface area contributed by atoms with Gasteiger partial charge in [0.05, 0.1) is 6.61 Å². The molecular formula is C22H30N2O4. The highest BCUT2D eigenvalue weighted by atomic mass is 16.7. The van der Waals surface area contributed by atoms with Crippen molar-refractivity contribution in [2.45, 2.75) is 26.7 Å². The molecule has 2 aromatic rings. The summed E-state index contributed by atoms with van der Waals surface area (Å²) in [5, 5.41) is 2.63. The fourth-order valence-electron chi connectivity index (χ4n) is 2.82. The molecule has 6 nitrogen and oxygen atoms in total. The molecule has 0 aromatic heterocycles. The van der Waals surface area contributed by atoms with Crippen LogP contribution >= 0.6 is 0 Å². The normalized spacial score (nSPS) is 12.3. The number of benzene rings is 2. The van der Waals surface area contributed by atoms with Gasteiger partial charge in [-0.1, -0.05) is 51.1 Å². The third-order valence-electron chi connectivity index (χ3n) is 4.35. The molecule has 0 saturated heterocycles. The highest BCUT2D eigenvalue weighted by molar-refractivity contribution is 5.84. The van der Waals surface area contributed by atoms with Gasteiger partial charge in [0.2, 0.25) is 0 Å². The number of carbonyl (C=O) groups excluding carboxylic acids is 1. The average molecular weight is 386 g/mol. The molecule has 2 aromatic carbocycles. The molecule has 0 fully saturated rings. The van der Waals surface area contributed by atoms with E-state index in [-0.39, 0.29) is 31.3 Å². The Labute approximate surface area is 167 Å². The smallest absolute Gasteiger partial charge is 0.411 e. The van der Waals surface area contributed by atoms with Crippen LogP contribution in [0.5, 0.6) is 5.75 Å². The van der Waals surface area contributed by atoms with Crippen LogP contribution < -0.4 is 15.8 Å². The maximum absolute atomic E-state index is 11.6. The summed E-state index contributed by atoms with van der Waals surface area (Å²) < 4.78 is 15.9. The zero-order valence-electron chi connectivity index (χ0n) is 16.8. The minimum absolute atomic E-state index is 0.0859. The summed E-state index contributed by atoms with van der Waals surface area (Å²) in [4.78, 5) is 11.6. The summed E-state index contributed by atoms with van der Waals surface area (Å²) in [7, 11) is 0. The molecular weight excluding hydrogens is 356 g/mol. The van der Waals surface area contributed by atoms with Crippen LogP contribution in [0.25, 0.3) is 0 Å². The molecule has 0 aliphatic rings. The molecule has 6 heteroatoms. The van der Waals surface area contributed by atoms with Crippen LogP contribution in [0, 0.1) is 5.41 Å². The molecule has 0 heterocycles. The van der Waals surface area contributed by atoms with Gasteiger partial charge < -0.3 is 19.9 Å². The Hall–Kier alpha value is -2.57. The van der Waals surface area contributed by atoms with Crippen molar-refractivity contribution in [3.63, 3.8) is 0 Å². The van der Waals surface area contributed by atoms with E-state index in [1.54, 1.807) is 12.1 Å². The Balaban J connectivity index is 1.64. The van der Waals surface area contributed by atoms with E-state index in [2.05, 4.69) is 26.1 Å². The van der Waals surface area contributed by atoms with Crippen molar-refractivity contribution >= 4 is 11.8 Å². The molecule has 28 heavy (non-hydrogen) atoms. The molecule has 152 valence electrons. The molecule has 0 bridgehead atoms. The van der Waals surface area contributed by atoms with Gasteiger partial charge in [0.15, 0.2) is 6.79 Å². The minimum atomic E-state index is -0.514. The minimum Gasteiger partial charge on any atom is -0.468 e. The fourth-order valence-corrected chi connectivity index (χ4v) is 2.82. The van der Waals surface area contributed by atoms with E-state index >= 15 is 0 Å². The third-order valence-corrected chi connectivity index (χ3v) is 4.35. The van der Waals surface area contributed by atoms with Crippen LogP contribution in [0.2, 0.25) is 0 Å². The molecule has 0 aliphatic carbocycles. The molecule has 2 rings (SSSR count). The Morgan fingerprint density at radius 1 is 1.04 bits per heavy atom. The number of hydrogen-bond donors (Lipinski definition) is 2. The zero-order chi connectivity index (χ0) is 20.4. The van der Waals surface area contributed by atoms with Gasteiger partial charge in [0.1, 0.15) is 12.4 Å². The Morgan fingerprint density at radius 2 is 1.71 bits per heavy atom. The average Bonchev–Trinajstić information content (AvgIpc) is 2.66. The summed E-state index contributed by atoms with van der Waals surface area (Å²) in [6.45, 7) is 7.64. The van der Waals surface area contributed by atoms with Gasteiger partial charge in [-0.2, -0.15) is 0 Å². The summed E-state index contributed by atoms with van der Waals surface area (Å²) in [5.41, 5.74) is 7.91. The molecule has 0 radical (unpaired) electrons. The van der Waals surface area contributed by atoms with E-state index in [4.69, 9.17) is 19.9 Å². The Bertz CT molecular complexity index is 712. The van der Waals surface area contributed by atoms with Crippen LogP contribution in [0.1, 0.15) is 32.3 Å². The first-order valence-corrected chi connectivity index (χ1v) is 9.39. The van der Waals surface area contributed by atoms with E-state index in [0.29, 0.717) is 12.2 Å². The third kappa shape index (κ3) is 7.21. The van der Waals surface area contributed by atoms with Gasteiger partial charge in [0, 0.05) is 11.6 Å². The highest BCUT2D eigenvalue weighted by Crippen LogP contribution is 2.34. The topological polar surface area (TPSA) is 82.8 Å². The molecule has 0 saturated carbocycles. The van der Waals surface area contributed by atoms with Crippen molar-refractivity contribution in [2.24, 2.45) is 11.1 Å². The van der Waals surface area contributed by atoms with Crippen LogP contribution in [0.15, 0.2) is 54.6 Å². The Kier molecular flexibility index (Phi) is 8.29. The highest BCUT2D eigenvalue weighted by Gasteiger charge is 2.24. The number of nitrogens with one attached hydrogen (secondary N) is 1. The van der Waals surface area contributed by atoms with Gasteiger partial charge in [-0.15, -0.1) is 0 Å². The predicted molar refractivity (Wildman–Crippen MR) is 111 cm³/mol. The standard InChI is InChI=1S/C22H30N2O4/c1-22(2,3)20(15-23)17-9-11-19(12-10-17)28-16-26-13-14-27-21(25)24-18-7-5-4-6-8-18/h4-12,20H,13-16,23H2,1-3H3,(H,24,25). The number of carbonyl (C=O) groups is 1. The van der Waals surface area contributed by atoms with Crippen molar-refractivity contribution in [1.29, 1.82) is 0 Å². The number of hydrogen-bond acceptors (Lipinski definition) is 5. The summed E-state index contributed by atoms with van der Waals surface area (Å²) in [6, 6.07) is 17.0. The van der Waals surface area contributed by atoms with Gasteiger partial charge >= 0.3 is 6.09 Å². The number of amides is 1. The largest absolute Gasteiger partial charge is 0.468 e. The maximum atomic E-state index is 11.6. The van der Waals surface area contributed by atoms with Crippen LogP contribution in [0.4, 0.5) is 10.5 Å². The first-order chi connectivity index (χ1) is 13.4. The van der Waals surface area contributed by atoms with Crippen molar-refractivity contribution < 1.29 is 19.0 Å². The van der Waals surface area contributed by atoms with Crippen LogP contribution in [0.3, 0.4) is 0 Å². The quantitative estimate of drug-likeness (QED) is 0.494. The van der Waals surface area contributed by atoms with Crippen LogP contribution in [-0.4, -0.2) is 32.6 Å². The fraction of sp³-hybridized carbons (Fsp3) is 0.409. The lowest BCUT2D eigenvalue weighted by atomic mass is 9.76. The Morgan fingerprint density at radius 3 is 2.32 bits per heavy atom. The second-order valence-corrected chi connectivity index (χ2v) is 7.52. The van der Waals surface area contributed by atoms with Gasteiger partial charge in [-0.05, 0) is 41.8 Å². The van der Waals surface area contributed by atoms with Crippen LogP contribution in [-0.2, 0) is 9.47 Å². The second kappa shape index (κ2) is 10.7. The SMILES string of the molecule is CC(C)(C)C(CN)c1ccc(OCOCCOC(=O)Nc2ccccc2)cc1. The first-order valence-electron chi connectivity index (χ1n) is 9.39. The lowest BCUT2D eigenvalue weighted by Crippen LogP contribution is -2.25. The van der Waals surface area contributed by atoms with E-state index in [0.717, 1.165) is 5.75 Å². The van der Waals surface area contributed by atoms with Crippen molar-refractivity contribution in [3.8, 4) is 5.75 Å². The summed E-state index contributed by atoms with van der Waals surface area (Å²) in [6.07, 6.45) is -0.514. The molecule has 1 atom stereocenters. The lowest BCUT2D eigenvalue weighted by Gasteiger charge is -2.30. The lowest BCUT2D eigenvalue weighted by molar-refractivity contribution is -0.00332. The van der Waals surface area contributed by atoms with Gasteiger partial charge in [-0.25, -0.2) is 4.79 Å². The molecule has 1 amide bonds. The van der Waals surface area contributed by atoms with E-state index in [9.17, 15) is 4.79 Å². The first kappa shape index (κ1) is 21.7. The van der Waals surface area contributed by atoms with E-state index in [1.165, 1.54) is 5.56 Å². The van der Waals surface area contributed by atoms with E-state index in [1.807, 2.05) is 42.5 Å². The monoisotopic (exact) mass is 386 g/mol. The van der Waals surface area contributed by atoms with Crippen molar-refractivity contribution in [3.05, 3.63) is 60.2 Å². The molecule has 1 unspecified atom stereocenters. The predicted octanol–water partition coefficient (Wildman–Crippen LogP) is 4.38. The number of rotatable bonds is 9. The maximum Gasteiger partial charge on any atom is 0.411 e. The zero-order valence-corrected chi connectivity index (χ0v) is 16.8. The van der Waals surface area contributed by atoms with Gasteiger partial charge in [0.25, 0.3) is 0 Å².